The van der Waals surface area contributed by atoms with E-state index >= 15 is 0 Å². The fourth-order valence-electron chi connectivity index (χ4n) is 3.59. The number of carbonyl (C=O) groups is 1. The first kappa shape index (κ1) is 16.3. The Morgan fingerprint density at radius 1 is 1.08 bits per heavy atom. The van der Waals surface area contributed by atoms with E-state index in [9.17, 15) is 4.79 Å². The summed E-state index contributed by atoms with van der Waals surface area (Å²) in [5.41, 5.74) is 4.85. The highest BCUT2D eigenvalue weighted by atomic mass is 16.2. The van der Waals surface area contributed by atoms with Gasteiger partial charge in [0.25, 0.3) is 5.91 Å². The number of benzene rings is 2. The third kappa shape index (κ3) is 2.84. The van der Waals surface area contributed by atoms with E-state index in [0.29, 0.717) is 11.7 Å². The zero-order chi connectivity index (χ0) is 18.1. The van der Waals surface area contributed by atoms with E-state index in [-0.39, 0.29) is 5.91 Å². The molecule has 3 aromatic rings. The number of anilines is 3. The van der Waals surface area contributed by atoms with Crippen LogP contribution in [0, 0.1) is 0 Å². The van der Waals surface area contributed by atoms with Crippen LogP contribution in [0.2, 0.25) is 0 Å². The minimum atomic E-state index is -0.113. The molecule has 4 nitrogen and oxygen atoms in total. The standard InChI is InChI=1S/C22H21N3O/c1-16-14-17-8-6-7-11-21(17)25(16)19-12-13-23-20(15-19)22(26)24(2)18-9-4-3-5-10-18/h3-13,15-16H,14H2,1-2H3. The second-order valence-electron chi connectivity index (χ2n) is 6.65. The number of hydrogen-bond donors (Lipinski definition) is 0. The van der Waals surface area contributed by atoms with Crippen molar-refractivity contribution < 1.29 is 4.79 Å². The molecule has 130 valence electrons. The molecule has 2 aromatic carbocycles. The maximum absolute atomic E-state index is 12.9. The van der Waals surface area contributed by atoms with Crippen molar-refractivity contribution in [1.82, 2.24) is 4.98 Å². The van der Waals surface area contributed by atoms with Gasteiger partial charge >= 0.3 is 0 Å². The summed E-state index contributed by atoms with van der Waals surface area (Å²) in [7, 11) is 1.78. The topological polar surface area (TPSA) is 36.4 Å². The molecule has 0 saturated heterocycles. The molecule has 1 atom stereocenters. The third-order valence-electron chi connectivity index (χ3n) is 4.90. The second-order valence-corrected chi connectivity index (χ2v) is 6.65. The summed E-state index contributed by atoms with van der Waals surface area (Å²) in [6, 6.07) is 22.3. The summed E-state index contributed by atoms with van der Waals surface area (Å²) in [5, 5.41) is 0. The van der Waals surface area contributed by atoms with Crippen molar-refractivity contribution in [3.8, 4) is 0 Å². The van der Waals surface area contributed by atoms with E-state index in [0.717, 1.165) is 17.8 Å². The molecule has 0 aliphatic carbocycles. The molecule has 26 heavy (non-hydrogen) atoms. The Morgan fingerprint density at radius 2 is 1.81 bits per heavy atom. The van der Waals surface area contributed by atoms with Crippen LogP contribution >= 0.6 is 0 Å². The largest absolute Gasteiger partial charge is 0.338 e. The molecule has 0 fully saturated rings. The number of carbonyl (C=O) groups excluding carboxylic acids is 1. The highest BCUT2D eigenvalue weighted by molar-refractivity contribution is 6.05. The van der Waals surface area contributed by atoms with Crippen LogP contribution in [0.3, 0.4) is 0 Å². The third-order valence-corrected chi connectivity index (χ3v) is 4.90. The molecule has 0 N–H and O–H groups in total. The number of hydrogen-bond acceptors (Lipinski definition) is 3. The minimum absolute atomic E-state index is 0.113. The Labute approximate surface area is 153 Å². The molecule has 1 amide bonds. The van der Waals surface area contributed by atoms with E-state index in [1.54, 1.807) is 18.1 Å². The van der Waals surface area contributed by atoms with Gasteiger partial charge in [0.1, 0.15) is 5.69 Å². The average Bonchev–Trinajstić information content (AvgIpc) is 3.03. The van der Waals surface area contributed by atoms with Crippen molar-refractivity contribution >= 4 is 23.0 Å². The van der Waals surface area contributed by atoms with Crippen LogP contribution in [0.5, 0.6) is 0 Å². The highest BCUT2D eigenvalue weighted by Gasteiger charge is 2.27. The van der Waals surface area contributed by atoms with Crippen LogP contribution in [0.25, 0.3) is 0 Å². The van der Waals surface area contributed by atoms with Gasteiger partial charge in [0, 0.05) is 36.3 Å². The van der Waals surface area contributed by atoms with Gasteiger partial charge in [-0.05, 0) is 49.2 Å². The molecule has 4 rings (SSSR count). The summed E-state index contributed by atoms with van der Waals surface area (Å²) in [6.45, 7) is 2.21. The van der Waals surface area contributed by atoms with E-state index in [1.165, 1.54) is 11.3 Å². The normalized spacial score (nSPS) is 15.6. The first-order valence-electron chi connectivity index (χ1n) is 8.81. The predicted molar refractivity (Wildman–Crippen MR) is 105 cm³/mol. The predicted octanol–water partition coefficient (Wildman–Crippen LogP) is 4.44. The lowest BCUT2D eigenvalue weighted by molar-refractivity contribution is 0.0988. The molecule has 1 unspecified atom stereocenters. The molecular formula is C22H21N3O. The minimum Gasteiger partial charge on any atom is -0.338 e. The number of fused-ring (bicyclic) bond motifs is 1. The molecule has 1 aliphatic rings. The Hall–Kier alpha value is -3.14. The first-order valence-corrected chi connectivity index (χ1v) is 8.81. The molecule has 0 spiro atoms. The van der Waals surface area contributed by atoms with Gasteiger partial charge < -0.3 is 9.80 Å². The van der Waals surface area contributed by atoms with Gasteiger partial charge in [0.15, 0.2) is 0 Å². The Kier molecular flexibility index (Phi) is 4.17. The summed E-state index contributed by atoms with van der Waals surface area (Å²) in [5.74, 6) is -0.113. The average molecular weight is 343 g/mol. The number of pyridine rings is 1. The fourth-order valence-corrected chi connectivity index (χ4v) is 3.59. The van der Waals surface area contributed by atoms with Crippen LogP contribution < -0.4 is 9.80 Å². The number of para-hydroxylation sites is 2. The van der Waals surface area contributed by atoms with Crippen LogP contribution in [0.4, 0.5) is 17.1 Å². The van der Waals surface area contributed by atoms with Crippen LogP contribution in [-0.4, -0.2) is 24.0 Å². The second kappa shape index (κ2) is 6.64. The van der Waals surface area contributed by atoms with Crippen LogP contribution in [0.15, 0.2) is 72.9 Å². The van der Waals surface area contributed by atoms with Crippen molar-refractivity contribution in [3.05, 3.63) is 84.2 Å². The molecule has 1 aliphatic heterocycles. The molecule has 1 aromatic heterocycles. The highest BCUT2D eigenvalue weighted by Crippen LogP contribution is 2.38. The fraction of sp³-hybridized carbons (Fsp3) is 0.182. The molecule has 0 bridgehead atoms. The van der Waals surface area contributed by atoms with Crippen molar-refractivity contribution in [1.29, 1.82) is 0 Å². The summed E-state index contributed by atoms with van der Waals surface area (Å²) in [6.07, 6.45) is 2.72. The molecular weight excluding hydrogens is 322 g/mol. The zero-order valence-electron chi connectivity index (χ0n) is 15.0. The van der Waals surface area contributed by atoms with E-state index in [2.05, 4.69) is 41.1 Å². The molecule has 0 saturated carbocycles. The van der Waals surface area contributed by atoms with Crippen LogP contribution in [0.1, 0.15) is 23.0 Å². The van der Waals surface area contributed by atoms with Gasteiger partial charge in [-0.3, -0.25) is 9.78 Å². The summed E-state index contributed by atoms with van der Waals surface area (Å²) >= 11 is 0. The Morgan fingerprint density at radius 3 is 2.62 bits per heavy atom. The van der Waals surface area contributed by atoms with Crippen molar-refractivity contribution in [2.24, 2.45) is 0 Å². The smallest absolute Gasteiger partial charge is 0.276 e. The van der Waals surface area contributed by atoms with Gasteiger partial charge in [0.05, 0.1) is 0 Å². The number of amides is 1. The van der Waals surface area contributed by atoms with E-state index in [1.807, 2.05) is 42.5 Å². The lowest BCUT2D eigenvalue weighted by Gasteiger charge is -2.25. The zero-order valence-corrected chi connectivity index (χ0v) is 15.0. The monoisotopic (exact) mass is 343 g/mol. The summed E-state index contributed by atoms with van der Waals surface area (Å²) in [4.78, 5) is 21.1. The Balaban J connectivity index is 1.66. The van der Waals surface area contributed by atoms with Gasteiger partial charge in [-0.15, -0.1) is 0 Å². The van der Waals surface area contributed by atoms with Gasteiger partial charge in [-0.1, -0.05) is 36.4 Å². The van der Waals surface area contributed by atoms with Gasteiger partial charge in [-0.25, -0.2) is 0 Å². The van der Waals surface area contributed by atoms with Crippen molar-refractivity contribution in [3.63, 3.8) is 0 Å². The summed E-state index contributed by atoms with van der Waals surface area (Å²) < 4.78 is 0. The van der Waals surface area contributed by atoms with E-state index < -0.39 is 0 Å². The molecule has 0 radical (unpaired) electrons. The van der Waals surface area contributed by atoms with E-state index in [4.69, 9.17) is 0 Å². The maximum Gasteiger partial charge on any atom is 0.276 e. The lowest BCUT2D eigenvalue weighted by atomic mass is 10.1. The molecule has 2 heterocycles. The molecule has 4 heteroatoms. The van der Waals surface area contributed by atoms with Crippen LogP contribution in [-0.2, 0) is 6.42 Å². The quantitative estimate of drug-likeness (QED) is 0.705. The van der Waals surface area contributed by atoms with Crippen molar-refractivity contribution in [2.45, 2.75) is 19.4 Å². The SMILES string of the molecule is CC1Cc2ccccc2N1c1ccnc(C(=O)N(C)c2ccccc2)c1. The lowest BCUT2D eigenvalue weighted by Crippen LogP contribution is -2.28. The number of aromatic nitrogens is 1. The number of rotatable bonds is 3. The maximum atomic E-state index is 12.9. The van der Waals surface area contributed by atoms with Gasteiger partial charge in [-0.2, -0.15) is 0 Å². The number of nitrogens with zero attached hydrogens (tertiary/aromatic N) is 3. The first-order chi connectivity index (χ1) is 12.6. The van der Waals surface area contributed by atoms with Crippen molar-refractivity contribution in [2.75, 3.05) is 16.8 Å². The van der Waals surface area contributed by atoms with Gasteiger partial charge in [0.2, 0.25) is 0 Å². The Bertz CT molecular complexity index is 939.